The summed E-state index contributed by atoms with van der Waals surface area (Å²) in [7, 11) is -2.96. The van der Waals surface area contributed by atoms with E-state index in [1.54, 1.807) is 0 Å². The van der Waals surface area contributed by atoms with E-state index in [1.807, 2.05) is 0 Å². The molecule has 2 atom stereocenters. The van der Waals surface area contributed by atoms with Gasteiger partial charge in [0, 0.05) is 44.6 Å². The smallest absolute Gasteiger partial charge is 0.179 e. The van der Waals surface area contributed by atoms with Crippen molar-refractivity contribution in [2.24, 2.45) is 0 Å². The van der Waals surface area contributed by atoms with E-state index < -0.39 is 8.07 Å². The lowest BCUT2D eigenvalue weighted by Gasteiger charge is -2.35. The van der Waals surface area contributed by atoms with E-state index >= 15 is 0 Å². The topological polar surface area (TPSA) is 19.1 Å². The molecule has 1 aliphatic heterocycles. The molecular weight excluding hydrogens is 733 g/mol. The molecule has 2 aliphatic rings. The molecule has 0 amide bonds. The monoisotopic (exact) mass is 772 g/mol. The minimum Gasteiger partial charge on any atom is -0.484 e. The molecule has 2 aromatic heterocycles. The van der Waals surface area contributed by atoms with Crippen molar-refractivity contribution in [3.05, 3.63) is 223 Å². The minimum absolute atomic E-state index is 0.00976. The van der Waals surface area contributed by atoms with Crippen molar-refractivity contribution in [3.63, 3.8) is 0 Å². The van der Waals surface area contributed by atoms with Crippen molar-refractivity contribution >= 4 is 73.2 Å². The molecule has 280 valence electrons. The normalized spacial score (nSPS) is 15.8. The molecule has 0 saturated carbocycles. The minimum atomic E-state index is -2.96. The van der Waals surface area contributed by atoms with Gasteiger partial charge in [0.2, 0.25) is 0 Å². The highest BCUT2D eigenvalue weighted by atomic mass is 28.3. The van der Waals surface area contributed by atoms with Crippen LogP contribution in [-0.4, -0.2) is 23.3 Å². The van der Waals surface area contributed by atoms with Crippen LogP contribution in [0.25, 0.3) is 55.7 Å². The molecule has 0 radical (unpaired) electrons. The summed E-state index contributed by atoms with van der Waals surface area (Å²) in [6.45, 7) is 2.34. The molecule has 0 saturated heterocycles. The summed E-state index contributed by atoms with van der Waals surface area (Å²) in [6, 6.07) is 76.4. The number of rotatable bonds is 6. The Morgan fingerprint density at radius 1 is 0.441 bits per heavy atom. The standard InChI is InChI=1S/C55H40N2OSi/c1-37-54-46-28-12-15-30-50(46)57(52(54)36-48-45-27-13-16-31-53(45)58-55(37)48)39-20-17-25-42(34-39)59(40-21-7-3-8-22-40,41-23-9-4-10-24-41)43-32-33-51-47(35-43)44-26-11-14-29-49(44)56(51)38-18-5-2-6-19-38/h2-37,55H,1H3/t37-,55?/m1/s1. The lowest BCUT2D eigenvalue weighted by molar-refractivity contribution is 0.248. The van der Waals surface area contributed by atoms with Crippen LogP contribution in [-0.2, 0) is 0 Å². The van der Waals surface area contributed by atoms with E-state index in [2.05, 4.69) is 228 Å². The fraction of sp³-hybridized carbons (Fsp3) is 0.0545. The third kappa shape index (κ3) is 4.93. The molecule has 59 heavy (non-hydrogen) atoms. The van der Waals surface area contributed by atoms with Crippen molar-refractivity contribution in [2.75, 3.05) is 0 Å². The summed E-state index contributed by atoms with van der Waals surface area (Å²) in [5, 5.41) is 9.21. The van der Waals surface area contributed by atoms with Gasteiger partial charge in [-0.15, -0.1) is 0 Å². The van der Waals surface area contributed by atoms with E-state index in [4.69, 9.17) is 4.74 Å². The first-order valence-electron chi connectivity index (χ1n) is 20.6. The van der Waals surface area contributed by atoms with Crippen LogP contribution in [0.5, 0.6) is 5.75 Å². The Balaban J connectivity index is 1.14. The highest BCUT2D eigenvalue weighted by Gasteiger charge is 2.43. The van der Waals surface area contributed by atoms with Gasteiger partial charge in [-0.3, -0.25) is 0 Å². The molecule has 1 unspecified atom stereocenters. The average Bonchev–Trinajstić information content (AvgIpc) is 3.96. The van der Waals surface area contributed by atoms with Crippen molar-refractivity contribution in [3.8, 4) is 17.1 Å². The zero-order valence-electron chi connectivity index (χ0n) is 32.7. The van der Waals surface area contributed by atoms with Crippen LogP contribution in [0.3, 0.4) is 0 Å². The van der Waals surface area contributed by atoms with Crippen LogP contribution in [0.1, 0.15) is 29.7 Å². The Kier molecular flexibility index (Phi) is 7.60. The number of hydrogen-bond donors (Lipinski definition) is 0. The Morgan fingerprint density at radius 2 is 1.00 bits per heavy atom. The van der Waals surface area contributed by atoms with Crippen LogP contribution in [0.15, 0.2) is 206 Å². The van der Waals surface area contributed by atoms with Crippen molar-refractivity contribution < 1.29 is 4.74 Å². The molecule has 8 aromatic carbocycles. The summed E-state index contributed by atoms with van der Waals surface area (Å²) in [5.74, 6) is 1.16. The third-order valence-corrected chi connectivity index (χ3v) is 17.7. The molecule has 10 aromatic rings. The van der Waals surface area contributed by atoms with E-state index in [-0.39, 0.29) is 12.0 Å². The predicted molar refractivity (Wildman–Crippen MR) is 248 cm³/mol. The van der Waals surface area contributed by atoms with Gasteiger partial charge in [-0.25, -0.2) is 0 Å². The third-order valence-electron chi connectivity index (χ3n) is 13.0. The van der Waals surface area contributed by atoms with Crippen LogP contribution in [0.2, 0.25) is 0 Å². The fourth-order valence-electron chi connectivity index (χ4n) is 10.5. The number of ether oxygens (including phenoxy) is 1. The Bertz CT molecular complexity index is 3230. The first kappa shape index (κ1) is 33.9. The summed E-state index contributed by atoms with van der Waals surface area (Å²) >= 11 is 0. The maximum atomic E-state index is 6.67. The van der Waals surface area contributed by atoms with Gasteiger partial charge in [0.15, 0.2) is 8.07 Å². The maximum absolute atomic E-state index is 6.67. The van der Waals surface area contributed by atoms with Crippen molar-refractivity contribution in [1.82, 2.24) is 9.13 Å². The van der Waals surface area contributed by atoms with E-state index in [9.17, 15) is 0 Å². The van der Waals surface area contributed by atoms with Crippen LogP contribution >= 0.6 is 0 Å². The van der Waals surface area contributed by atoms with Gasteiger partial charge in [-0.05, 0) is 80.9 Å². The highest BCUT2D eigenvalue weighted by molar-refractivity contribution is 7.20. The molecule has 0 spiro atoms. The molecule has 3 heterocycles. The molecule has 12 rings (SSSR count). The van der Waals surface area contributed by atoms with Crippen LogP contribution in [0, 0.1) is 0 Å². The fourth-order valence-corrected chi connectivity index (χ4v) is 15.3. The molecule has 0 N–H and O–H groups in total. The van der Waals surface area contributed by atoms with Gasteiger partial charge < -0.3 is 13.9 Å². The zero-order chi connectivity index (χ0) is 39.1. The number of para-hydroxylation sites is 4. The lowest BCUT2D eigenvalue weighted by Crippen LogP contribution is -2.74. The quantitative estimate of drug-likeness (QED) is 0.122. The number of aromatic nitrogens is 2. The second-order valence-electron chi connectivity index (χ2n) is 16.0. The number of fused-ring (bicyclic) bond motifs is 9. The SMILES string of the molecule is C[C@@H]1c2c(n(-c3cccc([Si](c4ccccc4)(c4ccccc4)c4ccc5c(c4)c4ccccc4n5-c4ccccc4)c3)c3ccccc23)C=C2c3ccccc3OC21. The summed E-state index contributed by atoms with van der Waals surface area (Å²) < 4.78 is 11.6. The molecular formula is C55H40N2OSi. The Morgan fingerprint density at radius 3 is 1.75 bits per heavy atom. The van der Waals surface area contributed by atoms with Gasteiger partial charge in [0.25, 0.3) is 0 Å². The van der Waals surface area contributed by atoms with Crippen LogP contribution < -0.4 is 25.5 Å². The molecule has 0 fully saturated rings. The average molecular weight is 773 g/mol. The molecule has 4 heteroatoms. The van der Waals surface area contributed by atoms with Crippen molar-refractivity contribution in [2.45, 2.75) is 18.9 Å². The van der Waals surface area contributed by atoms with Gasteiger partial charge >= 0.3 is 0 Å². The predicted octanol–water partition coefficient (Wildman–Crippen LogP) is 10.5. The van der Waals surface area contributed by atoms with E-state index in [0.29, 0.717) is 0 Å². The van der Waals surface area contributed by atoms with Crippen molar-refractivity contribution in [1.29, 1.82) is 0 Å². The second-order valence-corrected chi connectivity index (χ2v) is 19.8. The van der Waals surface area contributed by atoms with E-state index in [0.717, 1.165) is 5.75 Å². The maximum Gasteiger partial charge on any atom is 0.179 e. The lowest BCUT2D eigenvalue weighted by atomic mass is 9.82. The van der Waals surface area contributed by atoms with Gasteiger partial charge in [0.05, 0.1) is 22.2 Å². The molecule has 1 aliphatic carbocycles. The molecule has 3 nitrogen and oxygen atoms in total. The number of benzene rings is 8. The molecule has 0 bridgehead atoms. The summed E-state index contributed by atoms with van der Waals surface area (Å²) in [5.41, 5.74) is 11.0. The summed E-state index contributed by atoms with van der Waals surface area (Å²) in [4.78, 5) is 0. The first-order valence-corrected chi connectivity index (χ1v) is 22.6. The Hall–Kier alpha value is -7.14. The Labute approximate surface area is 344 Å². The van der Waals surface area contributed by atoms with Crippen LogP contribution in [0.4, 0.5) is 0 Å². The van der Waals surface area contributed by atoms with E-state index in [1.165, 1.54) is 87.2 Å². The highest BCUT2D eigenvalue weighted by Crippen LogP contribution is 2.50. The largest absolute Gasteiger partial charge is 0.484 e. The number of nitrogens with zero attached hydrogens (tertiary/aromatic N) is 2. The van der Waals surface area contributed by atoms with Gasteiger partial charge in [0.1, 0.15) is 11.9 Å². The van der Waals surface area contributed by atoms with Gasteiger partial charge in [-0.2, -0.15) is 0 Å². The second kappa shape index (κ2) is 13.2. The number of hydrogen-bond acceptors (Lipinski definition) is 1. The zero-order valence-corrected chi connectivity index (χ0v) is 33.7. The summed E-state index contributed by atoms with van der Waals surface area (Å²) in [6.07, 6.45) is 2.40. The van der Waals surface area contributed by atoms with Gasteiger partial charge in [-0.1, -0.05) is 165 Å². The first-order chi connectivity index (χ1) is 29.2.